The summed E-state index contributed by atoms with van der Waals surface area (Å²) in [6.07, 6.45) is 0. The van der Waals surface area contributed by atoms with Gasteiger partial charge in [0, 0.05) is 11.3 Å². The summed E-state index contributed by atoms with van der Waals surface area (Å²) < 4.78 is 13.3. The van der Waals surface area contributed by atoms with E-state index in [-0.39, 0.29) is 17.6 Å². The molecule has 100 valence electrons. The molecule has 0 amide bonds. The number of phenolic OH excluding ortho intramolecular Hbond substituents is 1. The van der Waals surface area contributed by atoms with E-state index < -0.39 is 0 Å². The van der Waals surface area contributed by atoms with Crippen molar-refractivity contribution in [3.63, 3.8) is 0 Å². The zero-order valence-electron chi connectivity index (χ0n) is 11.4. The lowest BCUT2D eigenvalue weighted by Gasteiger charge is -2.17. The van der Waals surface area contributed by atoms with Crippen molar-refractivity contribution >= 4 is 5.69 Å². The third-order valence-corrected chi connectivity index (χ3v) is 3.08. The molecule has 1 unspecified atom stereocenters. The summed E-state index contributed by atoms with van der Waals surface area (Å²) >= 11 is 0. The molecule has 2 rings (SSSR count). The van der Waals surface area contributed by atoms with E-state index >= 15 is 0 Å². The lowest BCUT2D eigenvalue weighted by Crippen LogP contribution is -2.07. The highest BCUT2D eigenvalue weighted by Crippen LogP contribution is 2.28. The average molecular weight is 259 g/mol. The Labute approximate surface area is 112 Å². The maximum absolute atomic E-state index is 13.3. The van der Waals surface area contributed by atoms with Crippen LogP contribution < -0.4 is 5.32 Å². The Kier molecular flexibility index (Phi) is 3.74. The number of phenols is 1. The maximum Gasteiger partial charge on any atom is 0.125 e. The first-order valence-corrected chi connectivity index (χ1v) is 6.29. The number of halogens is 1. The van der Waals surface area contributed by atoms with Gasteiger partial charge in [0.2, 0.25) is 0 Å². The van der Waals surface area contributed by atoms with Crippen LogP contribution in [0.2, 0.25) is 0 Å². The highest BCUT2D eigenvalue weighted by molar-refractivity contribution is 5.49. The summed E-state index contributed by atoms with van der Waals surface area (Å²) in [5, 5.41) is 13.1. The van der Waals surface area contributed by atoms with E-state index in [0.717, 1.165) is 16.7 Å². The number of aromatic hydroxyl groups is 1. The molecule has 2 N–H and O–H groups in total. The van der Waals surface area contributed by atoms with Crippen LogP contribution in [0.3, 0.4) is 0 Å². The fourth-order valence-electron chi connectivity index (χ4n) is 2.17. The minimum atomic E-state index is -0.261. The van der Waals surface area contributed by atoms with Gasteiger partial charge in [0.15, 0.2) is 0 Å². The van der Waals surface area contributed by atoms with Gasteiger partial charge in [-0.1, -0.05) is 12.1 Å². The van der Waals surface area contributed by atoms with E-state index in [4.69, 9.17) is 0 Å². The lowest BCUT2D eigenvalue weighted by molar-refractivity contribution is 0.465. The van der Waals surface area contributed by atoms with Gasteiger partial charge in [-0.15, -0.1) is 0 Å². The zero-order valence-corrected chi connectivity index (χ0v) is 11.4. The van der Waals surface area contributed by atoms with Crippen molar-refractivity contribution in [2.75, 3.05) is 5.32 Å². The highest BCUT2D eigenvalue weighted by atomic mass is 19.1. The number of nitrogens with one attached hydrogen (secondary N) is 1. The summed E-state index contributed by atoms with van der Waals surface area (Å²) in [5.74, 6) is -0.00375. The minimum Gasteiger partial charge on any atom is -0.508 e. The van der Waals surface area contributed by atoms with E-state index in [1.807, 2.05) is 39.0 Å². The molecule has 0 bridgehead atoms. The molecule has 0 saturated carbocycles. The van der Waals surface area contributed by atoms with Crippen LogP contribution >= 0.6 is 0 Å². The van der Waals surface area contributed by atoms with Crippen LogP contribution in [0.1, 0.15) is 29.7 Å². The highest BCUT2D eigenvalue weighted by Gasteiger charge is 2.10. The first-order valence-electron chi connectivity index (χ1n) is 6.29. The Morgan fingerprint density at radius 1 is 1.05 bits per heavy atom. The van der Waals surface area contributed by atoms with E-state index in [9.17, 15) is 9.50 Å². The second kappa shape index (κ2) is 5.31. The van der Waals surface area contributed by atoms with Gasteiger partial charge < -0.3 is 10.4 Å². The first-order chi connectivity index (χ1) is 8.95. The van der Waals surface area contributed by atoms with Gasteiger partial charge in [0.1, 0.15) is 11.6 Å². The van der Waals surface area contributed by atoms with E-state index in [0.29, 0.717) is 5.69 Å². The smallest absolute Gasteiger partial charge is 0.125 e. The number of aryl methyl sites for hydroxylation is 2. The monoisotopic (exact) mass is 259 g/mol. The fourth-order valence-corrected chi connectivity index (χ4v) is 2.17. The van der Waals surface area contributed by atoms with E-state index in [2.05, 4.69) is 5.32 Å². The predicted molar refractivity (Wildman–Crippen MR) is 76.0 cm³/mol. The molecule has 0 saturated heterocycles. The van der Waals surface area contributed by atoms with E-state index in [1.165, 1.54) is 12.1 Å². The molecule has 2 nitrogen and oxygen atoms in total. The molecule has 19 heavy (non-hydrogen) atoms. The first kappa shape index (κ1) is 13.4. The van der Waals surface area contributed by atoms with Crippen molar-refractivity contribution < 1.29 is 9.50 Å². The molecule has 0 spiro atoms. The Morgan fingerprint density at radius 2 is 1.79 bits per heavy atom. The van der Waals surface area contributed by atoms with Gasteiger partial charge in [-0.25, -0.2) is 4.39 Å². The molecular formula is C16H18FNO. The predicted octanol–water partition coefficient (Wildman–Crippen LogP) is 4.32. The number of benzene rings is 2. The molecular weight excluding hydrogens is 241 g/mol. The standard InChI is InChI=1S/C16H18FNO/c1-10-4-5-15(16(19)8-10)12(3)18-14-7-11(2)6-13(17)9-14/h4-9,12,18-19H,1-3H3. The van der Waals surface area contributed by atoms with Crippen LogP contribution in [0.4, 0.5) is 10.1 Å². The van der Waals surface area contributed by atoms with Gasteiger partial charge in [-0.05, 0) is 56.2 Å². The third-order valence-electron chi connectivity index (χ3n) is 3.08. The third kappa shape index (κ3) is 3.25. The van der Waals surface area contributed by atoms with Gasteiger partial charge in [0.05, 0.1) is 6.04 Å². The summed E-state index contributed by atoms with van der Waals surface area (Å²) in [6.45, 7) is 5.71. The van der Waals surface area contributed by atoms with Gasteiger partial charge in [0.25, 0.3) is 0 Å². The van der Waals surface area contributed by atoms with Gasteiger partial charge >= 0.3 is 0 Å². The van der Waals surface area contributed by atoms with Gasteiger partial charge in [-0.2, -0.15) is 0 Å². The van der Waals surface area contributed by atoms with E-state index in [1.54, 1.807) is 6.07 Å². The minimum absolute atomic E-state index is 0.0956. The average Bonchev–Trinajstić information content (AvgIpc) is 2.26. The van der Waals surface area contributed by atoms with Crippen LogP contribution in [-0.2, 0) is 0 Å². The molecule has 0 radical (unpaired) electrons. The topological polar surface area (TPSA) is 32.3 Å². The van der Waals surface area contributed by atoms with Crippen LogP contribution in [0.5, 0.6) is 5.75 Å². The maximum atomic E-state index is 13.3. The lowest BCUT2D eigenvalue weighted by atomic mass is 10.0. The van der Waals surface area contributed by atoms with Crippen LogP contribution in [0, 0.1) is 19.7 Å². The molecule has 0 aliphatic heterocycles. The number of rotatable bonds is 3. The number of hydrogen-bond acceptors (Lipinski definition) is 2. The molecule has 0 aliphatic carbocycles. The van der Waals surface area contributed by atoms with Crippen molar-refractivity contribution in [2.45, 2.75) is 26.8 Å². The Hall–Kier alpha value is -2.03. The van der Waals surface area contributed by atoms with Crippen LogP contribution in [-0.4, -0.2) is 5.11 Å². The van der Waals surface area contributed by atoms with Crippen molar-refractivity contribution in [3.8, 4) is 5.75 Å². The molecule has 3 heteroatoms. The Bertz CT molecular complexity index is 575. The van der Waals surface area contributed by atoms with Gasteiger partial charge in [-0.3, -0.25) is 0 Å². The van der Waals surface area contributed by atoms with Crippen molar-refractivity contribution in [2.24, 2.45) is 0 Å². The van der Waals surface area contributed by atoms with Crippen LogP contribution in [0.15, 0.2) is 36.4 Å². The second-order valence-corrected chi connectivity index (χ2v) is 4.95. The summed E-state index contributed by atoms with van der Waals surface area (Å²) in [5.41, 5.74) is 3.38. The molecule has 0 heterocycles. The number of hydrogen-bond donors (Lipinski definition) is 2. The normalized spacial score (nSPS) is 12.2. The molecule has 2 aromatic carbocycles. The summed E-state index contributed by atoms with van der Waals surface area (Å²) in [4.78, 5) is 0. The fraction of sp³-hybridized carbons (Fsp3) is 0.250. The van der Waals surface area contributed by atoms with Crippen molar-refractivity contribution in [3.05, 3.63) is 58.9 Å². The molecule has 1 atom stereocenters. The quantitative estimate of drug-likeness (QED) is 0.860. The molecule has 0 fully saturated rings. The van der Waals surface area contributed by atoms with Crippen molar-refractivity contribution in [1.82, 2.24) is 0 Å². The zero-order chi connectivity index (χ0) is 14.0. The molecule has 0 aliphatic rings. The van der Waals surface area contributed by atoms with Crippen molar-refractivity contribution in [1.29, 1.82) is 0 Å². The molecule has 2 aromatic rings. The molecule has 0 aromatic heterocycles. The number of anilines is 1. The summed E-state index contributed by atoms with van der Waals surface area (Å²) in [6, 6.07) is 10.3. The SMILES string of the molecule is Cc1cc(F)cc(NC(C)c2ccc(C)cc2O)c1. The Balaban J connectivity index is 2.22. The second-order valence-electron chi connectivity index (χ2n) is 4.95. The Morgan fingerprint density at radius 3 is 2.42 bits per heavy atom. The van der Waals surface area contributed by atoms with Crippen LogP contribution in [0.25, 0.3) is 0 Å². The largest absolute Gasteiger partial charge is 0.508 e. The summed E-state index contributed by atoms with van der Waals surface area (Å²) in [7, 11) is 0.